The van der Waals surface area contributed by atoms with Gasteiger partial charge >= 0.3 is 12.1 Å². The van der Waals surface area contributed by atoms with Crippen molar-refractivity contribution in [3.8, 4) is 0 Å². The average molecular weight is 427 g/mol. The molecular formula is C20H24F3N3O4. The van der Waals surface area contributed by atoms with E-state index in [2.05, 4.69) is 21.8 Å². The van der Waals surface area contributed by atoms with Crippen molar-refractivity contribution in [3.63, 3.8) is 0 Å². The highest BCUT2D eigenvalue weighted by atomic mass is 19.4. The van der Waals surface area contributed by atoms with Crippen molar-refractivity contribution < 1.29 is 32.6 Å². The van der Waals surface area contributed by atoms with E-state index in [1.807, 2.05) is 36.1 Å². The number of hydrogen-bond donors (Lipinski definition) is 1. The van der Waals surface area contributed by atoms with Gasteiger partial charge in [0.05, 0.1) is 31.5 Å². The number of nitrogens with zero attached hydrogens (tertiary/aromatic N) is 3. The van der Waals surface area contributed by atoms with Gasteiger partial charge in [-0.05, 0) is 30.7 Å². The molecule has 0 radical (unpaired) electrons. The molecule has 0 saturated heterocycles. The van der Waals surface area contributed by atoms with Crippen molar-refractivity contribution in [1.29, 1.82) is 0 Å². The van der Waals surface area contributed by atoms with E-state index in [9.17, 15) is 18.0 Å². The minimum absolute atomic E-state index is 0.0218. The van der Waals surface area contributed by atoms with Gasteiger partial charge in [-0.1, -0.05) is 13.0 Å². The van der Waals surface area contributed by atoms with Crippen LogP contribution < -0.4 is 0 Å². The summed E-state index contributed by atoms with van der Waals surface area (Å²) in [6.07, 6.45) is 0.183. The van der Waals surface area contributed by atoms with Crippen molar-refractivity contribution >= 4 is 11.9 Å². The molecule has 1 N–H and O–H groups in total. The highest BCUT2D eigenvalue weighted by Crippen LogP contribution is 2.17. The third kappa shape index (κ3) is 7.18. The molecule has 0 aliphatic carbocycles. The Balaban J connectivity index is 0.000000396. The predicted molar refractivity (Wildman–Crippen MR) is 101 cm³/mol. The van der Waals surface area contributed by atoms with Gasteiger partial charge in [0, 0.05) is 31.1 Å². The lowest BCUT2D eigenvalue weighted by Crippen LogP contribution is -2.37. The van der Waals surface area contributed by atoms with Crippen LogP contribution in [0.2, 0.25) is 0 Å². The molecule has 10 heteroatoms. The minimum Gasteiger partial charge on any atom is -0.475 e. The van der Waals surface area contributed by atoms with E-state index in [0.29, 0.717) is 26.1 Å². The zero-order valence-electron chi connectivity index (χ0n) is 16.5. The molecule has 3 heterocycles. The zero-order chi connectivity index (χ0) is 22.1. The van der Waals surface area contributed by atoms with Crippen LogP contribution in [0.15, 0.2) is 42.7 Å². The second-order valence-electron chi connectivity index (χ2n) is 6.73. The molecule has 7 nitrogen and oxygen atoms in total. The van der Waals surface area contributed by atoms with Crippen molar-refractivity contribution in [2.75, 3.05) is 6.54 Å². The van der Waals surface area contributed by atoms with Crippen LogP contribution in [0.5, 0.6) is 0 Å². The van der Waals surface area contributed by atoms with E-state index < -0.39 is 12.1 Å². The SMILES string of the molecule is CCCC(=O)N1Cc2cccn2CC(OCc2ccccn2)C1.O=C(O)C(F)(F)F. The Morgan fingerprint density at radius 1 is 1.23 bits per heavy atom. The summed E-state index contributed by atoms with van der Waals surface area (Å²) in [5.41, 5.74) is 2.08. The van der Waals surface area contributed by atoms with E-state index >= 15 is 0 Å². The topological polar surface area (TPSA) is 84.7 Å². The molecule has 1 atom stereocenters. The van der Waals surface area contributed by atoms with Crippen LogP contribution in [-0.2, 0) is 34.0 Å². The van der Waals surface area contributed by atoms with Crippen molar-refractivity contribution in [2.45, 2.75) is 51.7 Å². The van der Waals surface area contributed by atoms with E-state index in [4.69, 9.17) is 14.6 Å². The number of carbonyl (C=O) groups excluding carboxylic acids is 1. The number of carbonyl (C=O) groups is 2. The van der Waals surface area contributed by atoms with Gasteiger partial charge in [-0.2, -0.15) is 13.2 Å². The Kier molecular flexibility index (Phi) is 8.40. The first-order chi connectivity index (χ1) is 14.2. The Morgan fingerprint density at radius 3 is 2.57 bits per heavy atom. The summed E-state index contributed by atoms with van der Waals surface area (Å²) in [4.78, 5) is 27.5. The van der Waals surface area contributed by atoms with Gasteiger partial charge in [0.15, 0.2) is 0 Å². The number of amides is 1. The molecule has 30 heavy (non-hydrogen) atoms. The molecule has 1 aliphatic heterocycles. The number of carboxylic acids is 1. The second-order valence-corrected chi connectivity index (χ2v) is 6.73. The first kappa shape index (κ1) is 23.4. The number of fused-ring (bicyclic) bond motifs is 1. The van der Waals surface area contributed by atoms with Crippen LogP contribution in [0.3, 0.4) is 0 Å². The summed E-state index contributed by atoms with van der Waals surface area (Å²) in [6, 6.07) is 9.91. The van der Waals surface area contributed by atoms with Crippen LogP contribution in [0, 0.1) is 0 Å². The molecule has 1 aliphatic rings. The first-order valence-electron chi connectivity index (χ1n) is 9.44. The quantitative estimate of drug-likeness (QED) is 0.792. The van der Waals surface area contributed by atoms with E-state index in [1.165, 1.54) is 5.69 Å². The fourth-order valence-corrected chi connectivity index (χ4v) is 2.91. The number of aromatic nitrogens is 2. The summed E-state index contributed by atoms with van der Waals surface area (Å²) >= 11 is 0. The molecule has 0 bridgehead atoms. The Labute approximate surface area is 172 Å². The van der Waals surface area contributed by atoms with Crippen LogP contribution >= 0.6 is 0 Å². The molecular weight excluding hydrogens is 403 g/mol. The predicted octanol–water partition coefficient (Wildman–Crippen LogP) is 3.24. The lowest BCUT2D eigenvalue weighted by molar-refractivity contribution is -0.192. The van der Waals surface area contributed by atoms with Gasteiger partial charge in [-0.3, -0.25) is 9.78 Å². The van der Waals surface area contributed by atoms with Crippen LogP contribution in [0.25, 0.3) is 0 Å². The third-order valence-electron chi connectivity index (χ3n) is 4.35. The molecule has 164 valence electrons. The monoisotopic (exact) mass is 427 g/mol. The van der Waals surface area contributed by atoms with Gasteiger partial charge in [0.25, 0.3) is 0 Å². The van der Waals surface area contributed by atoms with Crippen LogP contribution in [-0.4, -0.2) is 50.3 Å². The molecule has 0 spiro atoms. The summed E-state index contributed by atoms with van der Waals surface area (Å²) in [6.45, 7) is 4.57. The van der Waals surface area contributed by atoms with E-state index in [-0.39, 0.29) is 12.0 Å². The summed E-state index contributed by atoms with van der Waals surface area (Å²) in [7, 11) is 0. The zero-order valence-corrected chi connectivity index (χ0v) is 16.5. The summed E-state index contributed by atoms with van der Waals surface area (Å²) in [5.74, 6) is -2.55. The molecule has 1 amide bonds. The highest BCUT2D eigenvalue weighted by Gasteiger charge is 2.38. The van der Waals surface area contributed by atoms with Crippen LogP contribution in [0.1, 0.15) is 31.2 Å². The second kappa shape index (κ2) is 10.8. The number of carboxylic acid groups (broad SMARTS) is 1. The van der Waals surface area contributed by atoms with Gasteiger partial charge in [-0.25, -0.2) is 4.79 Å². The number of rotatable bonds is 5. The number of pyridine rings is 1. The lowest BCUT2D eigenvalue weighted by Gasteiger charge is -2.24. The summed E-state index contributed by atoms with van der Waals surface area (Å²) < 4.78 is 40.0. The summed E-state index contributed by atoms with van der Waals surface area (Å²) in [5, 5.41) is 7.12. The molecule has 1 unspecified atom stereocenters. The molecule has 0 saturated carbocycles. The maximum atomic E-state index is 12.4. The average Bonchev–Trinajstić information content (AvgIpc) is 3.05. The van der Waals surface area contributed by atoms with Gasteiger partial charge < -0.3 is 19.3 Å². The largest absolute Gasteiger partial charge is 0.490 e. The van der Waals surface area contributed by atoms with Gasteiger partial charge in [-0.15, -0.1) is 0 Å². The fourth-order valence-electron chi connectivity index (χ4n) is 2.91. The number of ether oxygens (including phenoxy) is 1. The molecule has 2 aromatic rings. The van der Waals surface area contributed by atoms with Gasteiger partial charge in [0.1, 0.15) is 0 Å². The normalized spacial score (nSPS) is 16.1. The highest BCUT2D eigenvalue weighted by molar-refractivity contribution is 5.76. The smallest absolute Gasteiger partial charge is 0.475 e. The minimum atomic E-state index is -5.08. The fraction of sp³-hybridized carbons (Fsp3) is 0.450. The first-order valence-corrected chi connectivity index (χ1v) is 9.44. The molecule has 2 aromatic heterocycles. The standard InChI is InChI=1S/C18H23N3O2.C2HF3O2/c1-2-6-18(22)21-11-16-8-5-10-20(16)12-17(13-21)23-14-15-7-3-4-9-19-15;3-2(4,5)1(6)7/h3-5,7-10,17H,2,6,11-14H2,1H3;(H,6,7). The van der Waals surface area contributed by atoms with Crippen molar-refractivity contribution in [1.82, 2.24) is 14.5 Å². The Hall–Kier alpha value is -2.88. The number of halogens is 3. The molecule has 0 fully saturated rings. The number of hydrogen-bond acceptors (Lipinski definition) is 4. The maximum absolute atomic E-state index is 12.4. The van der Waals surface area contributed by atoms with E-state index in [1.54, 1.807) is 6.20 Å². The Bertz CT molecular complexity index is 824. The van der Waals surface area contributed by atoms with Crippen molar-refractivity contribution in [2.24, 2.45) is 0 Å². The van der Waals surface area contributed by atoms with Crippen LogP contribution in [0.4, 0.5) is 13.2 Å². The third-order valence-corrected chi connectivity index (χ3v) is 4.35. The molecule has 0 aromatic carbocycles. The van der Waals surface area contributed by atoms with Gasteiger partial charge in [0.2, 0.25) is 5.91 Å². The number of alkyl halides is 3. The van der Waals surface area contributed by atoms with E-state index in [0.717, 1.165) is 18.7 Å². The lowest BCUT2D eigenvalue weighted by atomic mass is 10.2. The molecule has 3 rings (SSSR count). The number of aliphatic carboxylic acids is 1. The maximum Gasteiger partial charge on any atom is 0.490 e. The Morgan fingerprint density at radius 2 is 1.97 bits per heavy atom. The van der Waals surface area contributed by atoms with Crippen molar-refractivity contribution in [3.05, 3.63) is 54.1 Å².